The standard InChI is InChI=1S/C31H33N3O3/c1-2-3-12-29-33-27-18-17-24(32-30(35)23-8-4-5-9-23)19-28(27)34(29)20-21-13-15-22(16-14-21)25-10-6-7-11-26(25)31(36)37/h6-7,10-11,13-19,23H,2-5,8-9,12,20H2,1H3,(H,32,35)(H,36,37). The van der Waals surface area contributed by atoms with E-state index in [1.807, 2.05) is 42.5 Å². The Balaban J connectivity index is 1.44. The summed E-state index contributed by atoms with van der Waals surface area (Å²) < 4.78 is 2.25. The van der Waals surface area contributed by atoms with Crippen LogP contribution in [-0.2, 0) is 17.8 Å². The third-order valence-electron chi connectivity index (χ3n) is 7.34. The lowest BCUT2D eigenvalue weighted by atomic mass is 9.99. The maximum Gasteiger partial charge on any atom is 0.336 e. The second-order valence-corrected chi connectivity index (χ2v) is 9.94. The van der Waals surface area contributed by atoms with Crippen molar-refractivity contribution in [3.05, 3.63) is 83.7 Å². The van der Waals surface area contributed by atoms with Gasteiger partial charge in [-0.3, -0.25) is 4.79 Å². The Morgan fingerprint density at radius 3 is 2.51 bits per heavy atom. The highest BCUT2D eigenvalue weighted by Gasteiger charge is 2.23. The summed E-state index contributed by atoms with van der Waals surface area (Å²) in [5.74, 6) is 0.342. The van der Waals surface area contributed by atoms with Crippen LogP contribution in [-0.4, -0.2) is 26.5 Å². The van der Waals surface area contributed by atoms with E-state index in [9.17, 15) is 14.7 Å². The van der Waals surface area contributed by atoms with Gasteiger partial charge < -0.3 is 15.0 Å². The lowest BCUT2D eigenvalue weighted by Crippen LogP contribution is -2.20. The summed E-state index contributed by atoms with van der Waals surface area (Å²) in [6.07, 6.45) is 7.24. The molecule has 1 heterocycles. The Bertz CT molecular complexity index is 1420. The van der Waals surface area contributed by atoms with Crippen LogP contribution in [0.5, 0.6) is 0 Å². The van der Waals surface area contributed by atoms with E-state index in [1.165, 1.54) is 0 Å². The summed E-state index contributed by atoms with van der Waals surface area (Å²) >= 11 is 0. The minimum atomic E-state index is -0.930. The molecule has 1 amide bonds. The molecule has 1 fully saturated rings. The van der Waals surface area contributed by atoms with Crippen LogP contribution in [0.25, 0.3) is 22.2 Å². The largest absolute Gasteiger partial charge is 0.478 e. The van der Waals surface area contributed by atoms with Gasteiger partial charge in [0, 0.05) is 24.6 Å². The van der Waals surface area contributed by atoms with Crippen molar-refractivity contribution in [2.75, 3.05) is 5.32 Å². The average molecular weight is 496 g/mol. The number of aromatic carboxylic acids is 1. The number of aryl methyl sites for hydroxylation is 1. The number of unbranched alkanes of at least 4 members (excludes halogenated alkanes) is 1. The highest BCUT2D eigenvalue weighted by Crippen LogP contribution is 2.29. The minimum absolute atomic E-state index is 0.116. The Labute approximate surface area is 217 Å². The summed E-state index contributed by atoms with van der Waals surface area (Å²) in [6, 6.07) is 21.1. The first-order valence-corrected chi connectivity index (χ1v) is 13.2. The number of carboxylic acid groups (broad SMARTS) is 1. The molecule has 6 heteroatoms. The third-order valence-corrected chi connectivity index (χ3v) is 7.34. The number of nitrogens with one attached hydrogen (secondary N) is 1. The first-order valence-electron chi connectivity index (χ1n) is 13.2. The van der Waals surface area contributed by atoms with Gasteiger partial charge in [0.1, 0.15) is 5.82 Å². The first kappa shape index (κ1) is 24.8. The number of amides is 1. The Hall–Kier alpha value is -3.93. The van der Waals surface area contributed by atoms with E-state index in [2.05, 4.69) is 28.9 Å². The number of carbonyl (C=O) groups is 2. The van der Waals surface area contributed by atoms with Crippen LogP contribution in [0.1, 0.15) is 67.2 Å². The van der Waals surface area contributed by atoms with E-state index < -0.39 is 5.97 Å². The van der Waals surface area contributed by atoms with Crippen molar-refractivity contribution in [3.63, 3.8) is 0 Å². The maximum atomic E-state index is 12.7. The molecule has 1 aliphatic rings. The zero-order valence-corrected chi connectivity index (χ0v) is 21.2. The number of hydrogen-bond acceptors (Lipinski definition) is 3. The van der Waals surface area contributed by atoms with Gasteiger partial charge in [-0.2, -0.15) is 0 Å². The van der Waals surface area contributed by atoms with Gasteiger partial charge in [-0.05, 0) is 60.2 Å². The molecule has 0 radical (unpaired) electrons. The maximum absolute atomic E-state index is 12.7. The molecule has 0 atom stereocenters. The molecule has 0 aliphatic heterocycles. The molecular weight excluding hydrogens is 462 g/mol. The number of nitrogens with zero attached hydrogens (tertiary/aromatic N) is 2. The normalized spacial score (nSPS) is 13.8. The number of imidazole rings is 1. The van der Waals surface area contributed by atoms with Crippen molar-refractivity contribution in [1.82, 2.24) is 9.55 Å². The van der Waals surface area contributed by atoms with Gasteiger partial charge in [0.25, 0.3) is 0 Å². The number of anilines is 1. The van der Waals surface area contributed by atoms with Crippen molar-refractivity contribution < 1.29 is 14.7 Å². The minimum Gasteiger partial charge on any atom is -0.478 e. The van der Waals surface area contributed by atoms with Crippen molar-refractivity contribution in [2.45, 2.75) is 58.4 Å². The third kappa shape index (κ3) is 5.43. The molecule has 6 nitrogen and oxygen atoms in total. The van der Waals surface area contributed by atoms with Crippen LogP contribution in [0.15, 0.2) is 66.7 Å². The molecule has 3 aromatic carbocycles. The topological polar surface area (TPSA) is 84.2 Å². The second-order valence-electron chi connectivity index (χ2n) is 9.94. The lowest BCUT2D eigenvalue weighted by Gasteiger charge is -2.13. The smallest absolute Gasteiger partial charge is 0.336 e. The number of fused-ring (bicyclic) bond motifs is 1. The van der Waals surface area contributed by atoms with E-state index in [4.69, 9.17) is 4.98 Å². The monoisotopic (exact) mass is 495 g/mol. The molecule has 1 aliphatic carbocycles. The first-order chi connectivity index (χ1) is 18.0. The molecule has 1 aromatic heterocycles. The fourth-order valence-corrected chi connectivity index (χ4v) is 5.28. The SMILES string of the molecule is CCCCc1nc2ccc(NC(=O)C3CCCC3)cc2n1Cc1ccc(-c2ccccc2C(=O)O)cc1. The highest BCUT2D eigenvalue weighted by atomic mass is 16.4. The van der Waals surface area contributed by atoms with Crippen LogP contribution in [0.4, 0.5) is 5.69 Å². The molecule has 190 valence electrons. The van der Waals surface area contributed by atoms with Gasteiger partial charge in [0.15, 0.2) is 0 Å². The molecule has 0 spiro atoms. The van der Waals surface area contributed by atoms with E-state index in [1.54, 1.807) is 12.1 Å². The Kier molecular flexibility index (Phi) is 7.35. The van der Waals surface area contributed by atoms with Crippen LogP contribution in [0, 0.1) is 5.92 Å². The van der Waals surface area contributed by atoms with Crippen molar-refractivity contribution in [2.24, 2.45) is 5.92 Å². The Morgan fingerprint density at radius 2 is 1.78 bits per heavy atom. The second kappa shape index (κ2) is 11.0. The fraction of sp³-hybridized carbons (Fsp3) is 0.323. The summed E-state index contributed by atoms with van der Waals surface area (Å²) in [5, 5.41) is 12.7. The number of carboxylic acids is 1. The van der Waals surface area contributed by atoms with Crippen molar-refractivity contribution in [3.8, 4) is 11.1 Å². The molecule has 0 unspecified atom stereocenters. The van der Waals surface area contributed by atoms with Gasteiger partial charge in [-0.1, -0.05) is 68.7 Å². The zero-order chi connectivity index (χ0) is 25.8. The molecule has 2 N–H and O–H groups in total. The van der Waals surface area contributed by atoms with Gasteiger partial charge >= 0.3 is 5.97 Å². The number of carbonyl (C=O) groups excluding carboxylic acids is 1. The van der Waals surface area contributed by atoms with Crippen molar-refractivity contribution in [1.29, 1.82) is 0 Å². The lowest BCUT2D eigenvalue weighted by molar-refractivity contribution is -0.119. The molecule has 5 rings (SSSR count). The predicted molar refractivity (Wildman–Crippen MR) is 147 cm³/mol. The molecule has 0 saturated heterocycles. The molecular formula is C31H33N3O3. The number of hydrogen-bond donors (Lipinski definition) is 2. The summed E-state index contributed by atoms with van der Waals surface area (Å²) in [7, 11) is 0. The van der Waals surface area contributed by atoms with Gasteiger partial charge in [0.05, 0.1) is 16.6 Å². The van der Waals surface area contributed by atoms with E-state index in [-0.39, 0.29) is 11.8 Å². The summed E-state index contributed by atoms with van der Waals surface area (Å²) in [5.41, 5.74) is 5.74. The number of benzene rings is 3. The summed E-state index contributed by atoms with van der Waals surface area (Å²) in [4.78, 5) is 29.3. The van der Waals surface area contributed by atoms with Crippen LogP contribution >= 0.6 is 0 Å². The van der Waals surface area contributed by atoms with Gasteiger partial charge in [-0.25, -0.2) is 9.78 Å². The van der Waals surface area contributed by atoms with Gasteiger partial charge in [-0.15, -0.1) is 0 Å². The summed E-state index contributed by atoms with van der Waals surface area (Å²) in [6.45, 7) is 2.83. The fourth-order valence-electron chi connectivity index (χ4n) is 5.28. The quantitative estimate of drug-likeness (QED) is 0.264. The predicted octanol–water partition coefficient (Wildman–Crippen LogP) is 6.92. The molecule has 0 bridgehead atoms. The average Bonchev–Trinajstić information content (AvgIpc) is 3.57. The Morgan fingerprint density at radius 1 is 1.03 bits per heavy atom. The zero-order valence-electron chi connectivity index (χ0n) is 21.2. The number of aromatic nitrogens is 2. The van der Waals surface area contributed by atoms with Crippen LogP contribution in [0.2, 0.25) is 0 Å². The van der Waals surface area contributed by atoms with E-state index >= 15 is 0 Å². The highest BCUT2D eigenvalue weighted by molar-refractivity contribution is 5.96. The van der Waals surface area contributed by atoms with E-state index in [0.717, 1.165) is 78.6 Å². The van der Waals surface area contributed by atoms with Crippen molar-refractivity contribution >= 4 is 28.6 Å². The van der Waals surface area contributed by atoms with Crippen LogP contribution < -0.4 is 5.32 Å². The van der Waals surface area contributed by atoms with Gasteiger partial charge in [0.2, 0.25) is 5.91 Å². The molecule has 1 saturated carbocycles. The van der Waals surface area contributed by atoms with Crippen LogP contribution in [0.3, 0.4) is 0 Å². The molecule has 37 heavy (non-hydrogen) atoms. The van der Waals surface area contributed by atoms with E-state index in [0.29, 0.717) is 17.7 Å². The number of rotatable bonds is 9. The molecule has 4 aromatic rings.